The van der Waals surface area contributed by atoms with Crippen molar-refractivity contribution < 1.29 is 28.6 Å². The average molecular weight is 402 g/mol. The van der Waals surface area contributed by atoms with Gasteiger partial charge in [0.05, 0.1) is 31.3 Å². The normalized spacial score (nSPS) is 13.9. The molecule has 1 aliphatic heterocycles. The zero-order valence-corrected chi connectivity index (χ0v) is 16.1. The van der Waals surface area contributed by atoms with Crippen molar-refractivity contribution >= 4 is 40.6 Å². The van der Waals surface area contributed by atoms with Crippen LogP contribution in [0.1, 0.15) is 9.67 Å². The molecule has 8 nitrogen and oxygen atoms in total. The Kier molecular flexibility index (Phi) is 6.07. The molecule has 1 N–H and O–H groups in total. The molecule has 0 fully saturated rings. The quantitative estimate of drug-likeness (QED) is 0.768. The van der Waals surface area contributed by atoms with E-state index >= 15 is 0 Å². The Labute approximate surface area is 165 Å². The molecule has 1 aromatic carbocycles. The molecule has 1 amide bonds. The predicted octanol–water partition coefficient (Wildman–Crippen LogP) is 2.39. The molecule has 9 heteroatoms. The van der Waals surface area contributed by atoms with Crippen LogP contribution in [0.15, 0.2) is 53.0 Å². The summed E-state index contributed by atoms with van der Waals surface area (Å²) in [6.07, 6.45) is 0. The molecule has 1 aromatic heterocycles. The monoisotopic (exact) mass is 402 g/mol. The van der Waals surface area contributed by atoms with E-state index in [4.69, 9.17) is 14.2 Å². The summed E-state index contributed by atoms with van der Waals surface area (Å²) in [5, 5.41) is 4.62. The predicted molar refractivity (Wildman–Crippen MR) is 103 cm³/mol. The van der Waals surface area contributed by atoms with Gasteiger partial charge < -0.3 is 24.4 Å². The summed E-state index contributed by atoms with van der Waals surface area (Å²) < 4.78 is 15.0. The van der Waals surface area contributed by atoms with Gasteiger partial charge in [-0.3, -0.25) is 4.79 Å². The minimum absolute atomic E-state index is 0.0350. The summed E-state index contributed by atoms with van der Waals surface area (Å²) in [6.45, 7) is -0.0321. The highest BCUT2D eigenvalue weighted by molar-refractivity contribution is 7.12. The van der Waals surface area contributed by atoms with Gasteiger partial charge in [0.2, 0.25) is 0 Å². The van der Waals surface area contributed by atoms with E-state index in [9.17, 15) is 14.4 Å². The highest BCUT2D eigenvalue weighted by Gasteiger charge is 2.32. The van der Waals surface area contributed by atoms with E-state index in [0.29, 0.717) is 16.3 Å². The lowest BCUT2D eigenvalue weighted by molar-refractivity contribution is -0.140. The number of amides is 1. The molecule has 1 aliphatic rings. The van der Waals surface area contributed by atoms with E-state index in [0.717, 1.165) is 0 Å². The van der Waals surface area contributed by atoms with Crippen molar-refractivity contribution in [3.63, 3.8) is 0 Å². The Balaban J connectivity index is 1.94. The summed E-state index contributed by atoms with van der Waals surface area (Å²) >= 11 is 1.33. The second kappa shape index (κ2) is 8.68. The molecule has 0 saturated heterocycles. The molecule has 146 valence electrons. The molecule has 28 heavy (non-hydrogen) atoms. The van der Waals surface area contributed by atoms with Gasteiger partial charge in [0.15, 0.2) is 0 Å². The molecular formula is C19H18N2O6S. The van der Waals surface area contributed by atoms with Crippen molar-refractivity contribution in [2.75, 3.05) is 37.8 Å². The van der Waals surface area contributed by atoms with Crippen LogP contribution in [-0.2, 0) is 23.8 Å². The molecule has 0 spiro atoms. The van der Waals surface area contributed by atoms with Crippen LogP contribution >= 0.6 is 11.3 Å². The molecule has 0 unspecified atom stereocenters. The van der Waals surface area contributed by atoms with Crippen molar-refractivity contribution in [2.45, 2.75) is 0 Å². The van der Waals surface area contributed by atoms with E-state index in [2.05, 4.69) is 5.32 Å². The second-order valence-corrected chi connectivity index (χ2v) is 6.65. The number of carbonyl (C=O) groups is 3. The fourth-order valence-corrected chi connectivity index (χ4v) is 3.32. The van der Waals surface area contributed by atoms with Gasteiger partial charge in [-0.1, -0.05) is 12.1 Å². The fourth-order valence-electron chi connectivity index (χ4n) is 2.70. The van der Waals surface area contributed by atoms with Crippen molar-refractivity contribution in [1.82, 2.24) is 0 Å². The number of anilines is 2. The summed E-state index contributed by atoms with van der Waals surface area (Å²) in [7, 11) is 2.46. The first-order valence-corrected chi connectivity index (χ1v) is 9.13. The van der Waals surface area contributed by atoms with Gasteiger partial charge in [-0.25, -0.2) is 9.59 Å². The van der Waals surface area contributed by atoms with E-state index in [1.165, 1.54) is 30.5 Å². The van der Waals surface area contributed by atoms with Crippen LogP contribution in [0.3, 0.4) is 0 Å². The molecule has 3 rings (SSSR count). The average Bonchev–Trinajstić information content (AvgIpc) is 3.27. The third-order valence-electron chi connectivity index (χ3n) is 3.99. The number of carbonyl (C=O) groups excluding carboxylic acids is 3. The second-order valence-electron chi connectivity index (χ2n) is 5.70. The standard InChI is InChI=1S/C19H18N2O6S/c1-25-18(23)14-10-27-11-21(16(14)19(24)26-2)13-6-3-5-12(9-13)20-17(22)15-7-4-8-28-15/h3-9H,10-11H2,1-2H3,(H,20,22). The van der Waals surface area contributed by atoms with Gasteiger partial charge in [-0.05, 0) is 29.6 Å². The number of nitrogens with zero attached hydrogens (tertiary/aromatic N) is 1. The van der Waals surface area contributed by atoms with Gasteiger partial charge in [0.25, 0.3) is 5.91 Å². The van der Waals surface area contributed by atoms with Gasteiger partial charge in [0.1, 0.15) is 12.4 Å². The van der Waals surface area contributed by atoms with Crippen LogP contribution in [-0.4, -0.2) is 45.4 Å². The van der Waals surface area contributed by atoms with Crippen molar-refractivity contribution in [2.24, 2.45) is 0 Å². The Hall–Kier alpha value is -3.17. The molecular weight excluding hydrogens is 384 g/mol. The lowest BCUT2D eigenvalue weighted by atomic mass is 10.1. The van der Waals surface area contributed by atoms with Gasteiger partial charge in [-0.2, -0.15) is 0 Å². The van der Waals surface area contributed by atoms with Crippen LogP contribution in [0.25, 0.3) is 0 Å². The van der Waals surface area contributed by atoms with E-state index in [1.54, 1.807) is 36.4 Å². The number of nitrogens with one attached hydrogen (secondary N) is 1. The van der Waals surface area contributed by atoms with Gasteiger partial charge >= 0.3 is 11.9 Å². The van der Waals surface area contributed by atoms with Crippen LogP contribution in [0.5, 0.6) is 0 Å². The summed E-state index contributed by atoms with van der Waals surface area (Å²) in [5.41, 5.74) is 1.19. The summed E-state index contributed by atoms with van der Waals surface area (Å²) in [5.74, 6) is -1.59. The Morgan fingerprint density at radius 3 is 2.57 bits per heavy atom. The molecule has 0 atom stereocenters. The van der Waals surface area contributed by atoms with Crippen molar-refractivity contribution in [1.29, 1.82) is 0 Å². The number of rotatable bonds is 5. The number of methoxy groups -OCH3 is 2. The highest BCUT2D eigenvalue weighted by Crippen LogP contribution is 2.28. The fraction of sp³-hybridized carbons (Fsp3) is 0.211. The minimum Gasteiger partial charge on any atom is -0.466 e. The topological polar surface area (TPSA) is 94.2 Å². The molecule has 0 radical (unpaired) electrons. The van der Waals surface area contributed by atoms with Crippen LogP contribution < -0.4 is 10.2 Å². The van der Waals surface area contributed by atoms with E-state index in [1.807, 2.05) is 5.38 Å². The summed E-state index contributed by atoms with van der Waals surface area (Å²) in [4.78, 5) is 38.8. The van der Waals surface area contributed by atoms with Crippen LogP contribution in [0, 0.1) is 0 Å². The van der Waals surface area contributed by atoms with Crippen LogP contribution in [0.2, 0.25) is 0 Å². The zero-order valence-electron chi connectivity index (χ0n) is 15.3. The lowest BCUT2D eigenvalue weighted by Gasteiger charge is -2.31. The van der Waals surface area contributed by atoms with E-state index < -0.39 is 11.9 Å². The minimum atomic E-state index is -0.684. The molecule has 2 aromatic rings. The number of esters is 2. The third kappa shape index (κ3) is 4.05. The van der Waals surface area contributed by atoms with E-state index in [-0.39, 0.29) is 30.5 Å². The molecule has 2 heterocycles. The first kappa shape index (κ1) is 19.6. The first-order chi connectivity index (χ1) is 13.5. The molecule has 0 saturated carbocycles. The Morgan fingerprint density at radius 2 is 1.89 bits per heavy atom. The first-order valence-electron chi connectivity index (χ1n) is 8.25. The van der Waals surface area contributed by atoms with Gasteiger partial charge in [-0.15, -0.1) is 11.3 Å². The maximum atomic E-state index is 12.3. The maximum Gasteiger partial charge on any atom is 0.355 e. The number of thiophene rings is 1. The number of benzene rings is 1. The number of ether oxygens (including phenoxy) is 3. The van der Waals surface area contributed by atoms with Crippen molar-refractivity contribution in [3.05, 3.63) is 57.9 Å². The smallest absolute Gasteiger partial charge is 0.355 e. The van der Waals surface area contributed by atoms with Crippen LogP contribution in [0.4, 0.5) is 11.4 Å². The SMILES string of the molecule is COC(=O)C1=C(C(=O)OC)N(c2cccc(NC(=O)c3cccs3)c2)COC1. The third-order valence-corrected chi connectivity index (χ3v) is 4.86. The lowest BCUT2D eigenvalue weighted by Crippen LogP contribution is -2.38. The Morgan fingerprint density at radius 1 is 1.11 bits per heavy atom. The number of hydrogen-bond donors (Lipinski definition) is 1. The molecule has 0 bridgehead atoms. The molecule has 0 aliphatic carbocycles. The van der Waals surface area contributed by atoms with Crippen molar-refractivity contribution in [3.8, 4) is 0 Å². The maximum absolute atomic E-state index is 12.3. The number of hydrogen-bond acceptors (Lipinski definition) is 8. The zero-order chi connectivity index (χ0) is 20.1. The summed E-state index contributed by atoms with van der Waals surface area (Å²) in [6, 6.07) is 10.4. The highest BCUT2D eigenvalue weighted by atomic mass is 32.1. The van der Waals surface area contributed by atoms with Gasteiger partial charge in [0, 0.05) is 11.4 Å². The Bertz CT molecular complexity index is 922. The largest absolute Gasteiger partial charge is 0.466 e.